The average molecular weight is 576 g/mol. The topological polar surface area (TPSA) is 150 Å². The van der Waals surface area contributed by atoms with Crippen molar-refractivity contribution >= 4 is 21.8 Å². The van der Waals surface area contributed by atoms with E-state index >= 15 is 0 Å². The number of anilines is 1. The van der Waals surface area contributed by atoms with E-state index in [1.54, 1.807) is 12.1 Å². The molecule has 0 spiro atoms. The molecule has 2 heterocycles. The first kappa shape index (κ1) is 28.8. The Hall–Kier alpha value is -2.74. The molecule has 1 aliphatic carbocycles. The van der Waals surface area contributed by atoms with Crippen molar-refractivity contribution in [2.45, 2.75) is 74.1 Å². The minimum atomic E-state index is -4.17. The van der Waals surface area contributed by atoms with Crippen molar-refractivity contribution in [1.29, 1.82) is 0 Å². The van der Waals surface area contributed by atoms with E-state index in [-0.39, 0.29) is 36.2 Å². The lowest BCUT2D eigenvalue weighted by Crippen LogP contribution is -2.51. The largest absolute Gasteiger partial charge is 0.443 e. The van der Waals surface area contributed by atoms with Gasteiger partial charge in [0, 0.05) is 5.69 Å². The summed E-state index contributed by atoms with van der Waals surface area (Å²) in [4.78, 5) is 18.9. The van der Waals surface area contributed by atoms with Crippen LogP contribution in [0.15, 0.2) is 59.5 Å². The Morgan fingerprint density at radius 1 is 1.10 bits per heavy atom. The highest BCUT2D eigenvalue weighted by molar-refractivity contribution is 7.89. The van der Waals surface area contributed by atoms with E-state index in [1.807, 2.05) is 30.3 Å². The van der Waals surface area contributed by atoms with Crippen molar-refractivity contribution in [2.24, 2.45) is 5.92 Å². The molecule has 2 aromatic carbocycles. The summed E-state index contributed by atoms with van der Waals surface area (Å²) in [5.41, 5.74) is 7.00. The number of benzene rings is 2. The fourth-order valence-corrected chi connectivity index (χ4v) is 6.81. The van der Waals surface area contributed by atoms with E-state index in [0.717, 1.165) is 29.3 Å². The zero-order chi connectivity index (χ0) is 28.1. The van der Waals surface area contributed by atoms with Gasteiger partial charge in [-0.15, -0.1) is 0 Å². The first-order valence-electron chi connectivity index (χ1n) is 13.8. The molecule has 5 atom stereocenters. The summed E-state index contributed by atoms with van der Waals surface area (Å²) < 4.78 is 44.9. The molecule has 4 N–H and O–H groups in total. The van der Waals surface area contributed by atoms with E-state index in [0.29, 0.717) is 25.1 Å². The molecular weight excluding hydrogens is 538 g/mol. The van der Waals surface area contributed by atoms with Crippen LogP contribution >= 0.6 is 0 Å². The van der Waals surface area contributed by atoms with Crippen molar-refractivity contribution in [3.63, 3.8) is 0 Å². The molecule has 3 unspecified atom stereocenters. The number of rotatable bonds is 11. The molecule has 3 fully saturated rings. The number of carbonyl (C=O) groups is 1. The molecular formula is C28H37N3O8S. The van der Waals surface area contributed by atoms with Crippen LogP contribution in [0.5, 0.6) is 0 Å². The van der Waals surface area contributed by atoms with Gasteiger partial charge in [0.05, 0.1) is 48.8 Å². The maximum atomic E-state index is 13.6. The van der Waals surface area contributed by atoms with Crippen molar-refractivity contribution in [2.75, 3.05) is 25.5 Å². The van der Waals surface area contributed by atoms with Gasteiger partial charge in [-0.2, -0.15) is 0 Å². The van der Waals surface area contributed by atoms with Gasteiger partial charge in [-0.1, -0.05) is 53.7 Å². The summed E-state index contributed by atoms with van der Waals surface area (Å²) in [6.07, 6.45) is 1.08. The van der Waals surface area contributed by atoms with Gasteiger partial charge in [0.15, 0.2) is 6.29 Å². The zero-order valence-electron chi connectivity index (χ0n) is 22.3. The van der Waals surface area contributed by atoms with Crippen LogP contribution in [0.4, 0.5) is 10.5 Å². The number of aliphatic hydroxyl groups is 1. The summed E-state index contributed by atoms with van der Waals surface area (Å²) in [5.74, 6) is -0.0398. The molecule has 2 aromatic rings. The summed E-state index contributed by atoms with van der Waals surface area (Å²) in [6.45, 7) is 0.372. The van der Waals surface area contributed by atoms with E-state index < -0.39 is 40.9 Å². The van der Waals surface area contributed by atoms with Gasteiger partial charge in [-0.25, -0.2) is 13.2 Å². The van der Waals surface area contributed by atoms with Crippen molar-refractivity contribution in [3.8, 4) is 0 Å². The number of hydrogen-bond donors (Lipinski definition) is 3. The van der Waals surface area contributed by atoms with Crippen LogP contribution in [-0.2, 0) is 35.5 Å². The van der Waals surface area contributed by atoms with E-state index in [4.69, 9.17) is 24.8 Å². The predicted octanol–water partition coefficient (Wildman–Crippen LogP) is 2.59. The number of fused-ring (bicyclic) bond motifs is 1. The first-order chi connectivity index (χ1) is 19.3. The number of sulfonamides is 1. The number of nitrogens with two attached hydrogens (primary N) is 1. The number of amides is 1. The van der Waals surface area contributed by atoms with Gasteiger partial charge in [-0.05, 0) is 49.4 Å². The highest BCUT2D eigenvalue weighted by atomic mass is 32.2. The second-order valence-corrected chi connectivity index (χ2v) is 12.4. The third-order valence-electron chi connectivity index (χ3n) is 7.64. The molecule has 1 saturated carbocycles. The Kier molecular flexibility index (Phi) is 9.24. The number of hydrogen-bond acceptors (Lipinski definition) is 9. The monoisotopic (exact) mass is 575 g/mol. The van der Waals surface area contributed by atoms with Gasteiger partial charge in [0.25, 0.3) is 10.0 Å². The molecule has 40 heavy (non-hydrogen) atoms. The highest BCUT2D eigenvalue weighted by Crippen LogP contribution is 2.33. The van der Waals surface area contributed by atoms with E-state index in [2.05, 4.69) is 5.32 Å². The van der Waals surface area contributed by atoms with Crippen molar-refractivity contribution < 1.29 is 37.4 Å². The number of nitrogen functional groups attached to an aromatic ring is 1. The minimum Gasteiger partial charge on any atom is -0.443 e. The second-order valence-electron chi connectivity index (χ2n) is 10.6. The van der Waals surface area contributed by atoms with Crippen LogP contribution in [0, 0.1) is 5.92 Å². The lowest BCUT2D eigenvalue weighted by atomic mass is 10.0. The second kappa shape index (κ2) is 12.8. The number of nitrogens with zero attached hydrogens (tertiary/aromatic N) is 1. The van der Waals surface area contributed by atoms with E-state index in [1.165, 1.54) is 12.1 Å². The Morgan fingerprint density at radius 3 is 2.62 bits per heavy atom. The summed E-state index contributed by atoms with van der Waals surface area (Å²) in [5, 5.41) is 14.2. The lowest BCUT2D eigenvalue weighted by molar-refractivity contribution is -0.145. The third kappa shape index (κ3) is 6.93. The molecule has 0 aromatic heterocycles. The highest BCUT2D eigenvalue weighted by Gasteiger charge is 2.44. The molecule has 5 rings (SSSR count). The molecule has 1 amide bonds. The minimum absolute atomic E-state index is 0.0398. The number of ether oxygens (including phenoxy) is 3. The predicted molar refractivity (Wildman–Crippen MR) is 145 cm³/mol. The molecule has 11 nitrogen and oxygen atoms in total. The van der Waals surface area contributed by atoms with Crippen LogP contribution < -0.4 is 11.1 Å². The standard InChI is InChI=1S/C28H37N3O8S/c29-20-9-6-12-22(16-20)40(34,35)31(39-21-10-4-5-11-21)17-25(32)24(15-19-7-2-1-3-8-19)30-28(33)38-26-18-37-27-23(26)13-14-36-27/h1-3,6-9,12,16,21,23-27,32H,4-5,10-11,13-15,17-18,29H2,(H,30,33)/t23?,24-,25-,26?,27?/m0/s1. The Morgan fingerprint density at radius 2 is 1.88 bits per heavy atom. The average Bonchev–Trinajstić information content (AvgIpc) is 3.69. The summed E-state index contributed by atoms with van der Waals surface area (Å²) >= 11 is 0. The molecule has 12 heteroatoms. The fourth-order valence-electron chi connectivity index (χ4n) is 5.45. The number of nitrogens with one attached hydrogen (secondary N) is 1. The fraction of sp³-hybridized carbons (Fsp3) is 0.536. The Balaban J connectivity index is 1.34. The van der Waals surface area contributed by atoms with Gasteiger partial charge >= 0.3 is 6.09 Å². The van der Waals surface area contributed by atoms with Crippen LogP contribution in [0.25, 0.3) is 0 Å². The van der Waals surface area contributed by atoms with Crippen LogP contribution in [0.3, 0.4) is 0 Å². The molecule has 2 saturated heterocycles. The van der Waals surface area contributed by atoms with Crippen molar-refractivity contribution in [3.05, 3.63) is 60.2 Å². The molecule has 218 valence electrons. The van der Waals surface area contributed by atoms with Crippen molar-refractivity contribution in [1.82, 2.24) is 9.79 Å². The zero-order valence-corrected chi connectivity index (χ0v) is 23.1. The Bertz CT molecular complexity index is 1240. The van der Waals surface area contributed by atoms with Crippen LogP contribution in [-0.4, -0.2) is 74.5 Å². The maximum Gasteiger partial charge on any atom is 0.407 e. The third-order valence-corrected chi connectivity index (χ3v) is 9.26. The van der Waals surface area contributed by atoms with Gasteiger partial charge in [0.1, 0.15) is 6.10 Å². The normalized spacial score (nSPS) is 24.6. The molecule has 0 radical (unpaired) electrons. The van der Waals surface area contributed by atoms with Crippen LogP contribution in [0.2, 0.25) is 0 Å². The number of aliphatic hydroxyl groups excluding tert-OH is 1. The summed E-state index contributed by atoms with van der Waals surface area (Å²) in [6, 6.07) is 14.4. The maximum absolute atomic E-state index is 13.6. The Labute approximate surface area is 234 Å². The smallest absolute Gasteiger partial charge is 0.407 e. The molecule has 2 aliphatic heterocycles. The molecule has 0 bridgehead atoms. The van der Waals surface area contributed by atoms with Gasteiger partial charge in [-0.3, -0.25) is 4.84 Å². The quantitative estimate of drug-likeness (QED) is 0.271. The summed E-state index contributed by atoms with van der Waals surface area (Å²) in [7, 11) is -4.17. The number of hydroxylamine groups is 1. The van der Waals surface area contributed by atoms with Gasteiger partial charge < -0.3 is 30.4 Å². The number of alkyl carbamates (subject to hydrolysis) is 1. The van der Waals surface area contributed by atoms with Crippen LogP contribution in [0.1, 0.15) is 37.7 Å². The number of carbonyl (C=O) groups excluding carboxylic acids is 1. The first-order valence-corrected chi connectivity index (χ1v) is 15.2. The molecule has 3 aliphatic rings. The lowest BCUT2D eigenvalue weighted by Gasteiger charge is -2.31. The van der Waals surface area contributed by atoms with Gasteiger partial charge in [0.2, 0.25) is 0 Å². The van der Waals surface area contributed by atoms with E-state index in [9.17, 15) is 18.3 Å². The SMILES string of the molecule is Nc1cccc(S(=O)(=O)N(C[C@H](O)[C@H](Cc2ccccc2)NC(=O)OC2COC3OCCC23)OC2CCCC2)c1.